The molecule has 0 saturated heterocycles. The SMILES string of the molecule is CCCCOC1=C(OCCCC)CC1.O=c1ccc1=O. The van der Waals surface area contributed by atoms with Gasteiger partial charge in [-0.3, -0.25) is 9.59 Å². The van der Waals surface area contributed by atoms with Crippen molar-refractivity contribution < 1.29 is 9.47 Å². The zero-order chi connectivity index (χ0) is 14.8. The van der Waals surface area contributed by atoms with Gasteiger partial charge < -0.3 is 9.47 Å². The second-order valence-electron chi connectivity index (χ2n) is 4.81. The summed E-state index contributed by atoms with van der Waals surface area (Å²) in [5.41, 5.74) is -0.759. The van der Waals surface area contributed by atoms with Crippen molar-refractivity contribution in [3.05, 3.63) is 44.1 Å². The quantitative estimate of drug-likeness (QED) is 0.542. The van der Waals surface area contributed by atoms with Gasteiger partial charge in [-0.2, -0.15) is 0 Å². The number of hydrogen-bond acceptors (Lipinski definition) is 4. The molecule has 2 rings (SSSR count). The van der Waals surface area contributed by atoms with Gasteiger partial charge in [-0.1, -0.05) is 26.7 Å². The van der Waals surface area contributed by atoms with E-state index in [4.69, 9.17) is 9.47 Å². The van der Waals surface area contributed by atoms with Crippen molar-refractivity contribution in [1.82, 2.24) is 0 Å². The molecule has 0 bridgehead atoms. The molecule has 0 spiro atoms. The molecule has 0 saturated carbocycles. The third kappa shape index (κ3) is 5.59. The minimum Gasteiger partial charge on any atom is -0.494 e. The molecular weight excluding hydrogens is 256 g/mol. The third-order valence-electron chi connectivity index (χ3n) is 3.07. The topological polar surface area (TPSA) is 52.6 Å². The Labute approximate surface area is 120 Å². The average molecular weight is 280 g/mol. The second kappa shape index (κ2) is 9.34. The lowest BCUT2D eigenvalue weighted by molar-refractivity contribution is 0.109. The molecule has 0 aliphatic heterocycles. The van der Waals surface area contributed by atoms with E-state index in [1.54, 1.807) is 0 Å². The standard InChI is InChI=1S/C12H22O2.C4H2O2/c1-3-5-9-13-11-7-8-12(11)14-10-6-4-2;5-3-1-2-4(3)6/h3-10H2,1-2H3;1-2H. The second-order valence-corrected chi connectivity index (χ2v) is 4.81. The minimum absolute atomic E-state index is 0.380. The van der Waals surface area contributed by atoms with Crippen molar-refractivity contribution >= 4 is 0 Å². The first-order valence-electron chi connectivity index (χ1n) is 7.43. The molecule has 1 aliphatic carbocycles. The van der Waals surface area contributed by atoms with Crippen LogP contribution in [-0.2, 0) is 9.47 Å². The van der Waals surface area contributed by atoms with Gasteiger partial charge in [-0.05, 0) is 25.0 Å². The van der Waals surface area contributed by atoms with Crippen LogP contribution in [0.1, 0.15) is 52.4 Å². The van der Waals surface area contributed by atoms with Crippen LogP contribution in [0.4, 0.5) is 0 Å². The molecule has 0 heterocycles. The van der Waals surface area contributed by atoms with Gasteiger partial charge in [0, 0.05) is 12.8 Å². The molecule has 0 atom stereocenters. The van der Waals surface area contributed by atoms with E-state index in [2.05, 4.69) is 13.8 Å². The molecule has 0 radical (unpaired) electrons. The van der Waals surface area contributed by atoms with Crippen LogP contribution in [0.3, 0.4) is 0 Å². The molecule has 0 fully saturated rings. The Morgan fingerprint density at radius 3 is 1.45 bits per heavy atom. The first-order chi connectivity index (χ1) is 9.69. The van der Waals surface area contributed by atoms with Gasteiger partial charge in [0.1, 0.15) is 11.5 Å². The van der Waals surface area contributed by atoms with Gasteiger partial charge in [0.05, 0.1) is 13.2 Å². The summed E-state index contributed by atoms with van der Waals surface area (Å²) in [4.78, 5) is 19.6. The predicted octanol–water partition coefficient (Wildman–Crippen LogP) is 2.91. The van der Waals surface area contributed by atoms with E-state index in [9.17, 15) is 9.59 Å². The highest BCUT2D eigenvalue weighted by Gasteiger charge is 2.19. The Hall–Kier alpha value is -1.58. The van der Waals surface area contributed by atoms with Crippen molar-refractivity contribution in [2.75, 3.05) is 13.2 Å². The molecule has 1 aromatic carbocycles. The van der Waals surface area contributed by atoms with Crippen molar-refractivity contribution in [2.45, 2.75) is 52.4 Å². The summed E-state index contributed by atoms with van der Waals surface area (Å²) in [7, 11) is 0. The van der Waals surface area contributed by atoms with Crippen LogP contribution in [0.25, 0.3) is 0 Å². The van der Waals surface area contributed by atoms with Gasteiger partial charge in [0.15, 0.2) is 0 Å². The fourth-order valence-electron chi connectivity index (χ4n) is 1.53. The molecular formula is C16H24O4. The van der Waals surface area contributed by atoms with E-state index in [0.29, 0.717) is 0 Å². The number of hydrogen-bond donors (Lipinski definition) is 0. The number of unbranched alkanes of at least 4 members (excludes halogenated alkanes) is 2. The summed E-state index contributed by atoms with van der Waals surface area (Å²) in [6, 6.07) is 2.50. The zero-order valence-electron chi connectivity index (χ0n) is 12.4. The van der Waals surface area contributed by atoms with Gasteiger partial charge in [0.25, 0.3) is 0 Å². The molecule has 20 heavy (non-hydrogen) atoms. The Morgan fingerprint density at radius 2 is 1.25 bits per heavy atom. The Balaban J connectivity index is 0.000000276. The molecule has 1 aliphatic rings. The van der Waals surface area contributed by atoms with E-state index in [0.717, 1.165) is 50.4 Å². The van der Waals surface area contributed by atoms with E-state index in [1.807, 2.05) is 0 Å². The Bertz CT molecular complexity index is 436. The fourth-order valence-corrected chi connectivity index (χ4v) is 1.53. The summed E-state index contributed by atoms with van der Waals surface area (Å²) in [5.74, 6) is 2.21. The predicted molar refractivity (Wildman–Crippen MR) is 79.3 cm³/mol. The zero-order valence-corrected chi connectivity index (χ0v) is 12.4. The van der Waals surface area contributed by atoms with Gasteiger partial charge in [-0.25, -0.2) is 0 Å². The number of rotatable bonds is 8. The summed E-state index contributed by atoms with van der Waals surface area (Å²) in [6.07, 6.45) is 6.83. The summed E-state index contributed by atoms with van der Waals surface area (Å²) < 4.78 is 11.2. The Kier molecular flexibility index (Phi) is 7.70. The van der Waals surface area contributed by atoms with Crippen molar-refractivity contribution in [1.29, 1.82) is 0 Å². The molecule has 1 aromatic rings. The van der Waals surface area contributed by atoms with Crippen molar-refractivity contribution in [3.63, 3.8) is 0 Å². The van der Waals surface area contributed by atoms with E-state index in [1.165, 1.54) is 25.0 Å². The molecule has 4 nitrogen and oxygen atoms in total. The molecule has 0 aromatic heterocycles. The van der Waals surface area contributed by atoms with Crippen LogP contribution >= 0.6 is 0 Å². The number of allylic oxidation sites excluding steroid dienone is 2. The average Bonchev–Trinajstić information content (AvgIpc) is 2.45. The van der Waals surface area contributed by atoms with Crippen LogP contribution in [0.5, 0.6) is 0 Å². The van der Waals surface area contributed by atoms with Crippen molar-refractivity contribution in [2.24, 2.45) is 0 Å². The molecule has 4 heteroatoms. The highest BCUT2D eigenvalue weighted by atomic mass is 16.5. The van der Waals surface area contributed by atoms with Crippen LogP contribution in [0.2, 0.25) is 0 Å². The molecule has 112 valence electrons. The minimum atomic E-state index is -0.380. The lowest BCUT2D eigenvalue weighted by atomic mass is 10.1. The van der Waals surface area contributed by atoms with E-state index < -0.39 is 0 Å². The smallest absolute Gasteiger partial charge is 0.225 e. The highest BCUT2D eigenvalue weighted by molar-refractivity contribution is 5.13. The van der Waals surface area contributed by atoms with E-state index >= 15 is 0 Å². The molecule has 0 unspecified atom stereocenters. The molecule has 0 amide bonds. The van der Waals surface area contributed by atoms with Crippen LogP contribution < -0.4 is 10.9 Å². The van der Waals surface area contributed by atoms with Crippen LogP contribution in [-0.4, -0.2) is 13.2 Å². The maximum Gasteiger partial charge on any atom is 0.225 e. The lowest BCUT2D eigenvalue weighted by Crippen LogP contribution is -2.26. The number of ether oxygens (including phenoxy) is 2. The first kappa shape index (κ1) is 16.5. The summed E-state index contributed by atoms with van der Waals surface area (Å²) >= 11 is 0. The first-order valence-corrected chi connectivity index (χ1v) is 7.43. The largest absolute Gasteiger partial charge is 0.494 e. The maximum atomic E-state index is 9.79. The maximum absolute atomic E-state index is 9.79. The summed E-state index contributed by atoms with van der Waals surface area (Å²) in [5, 5.41) is 0. The summed E-state index contributed by atoms with van der Waals surface area (Å²) in [6.45, 7) is 6.06. The molecule has 0 N–H and O–H groups in total. The van der Waals surface area contributed by atoms with Crippen LogP contribution in [0.15, 0.2) is 33.2 Å². The van der Waals surface area contributed by atoms with Crippen LogP contribution in [0, 0.1) is 0 Å². The normalized spacial score (nSPS) is 13.5. The Morgan fingerprint density at radius 1 is 0.850 bits per heavy atom. The van der Waals surface area contributed by atoms with Gasteiger partial charge in [-0.15, -0.1) is 0 Å². The van der Waals surface area contributed by atoms with Crippen molar-refractivity contribution in [3.8, 4) is 0 Å². The highest BCUT2D eigenvalue weighted by Crippen LogP contribution is 2.29. The lowest BCUT2D eigenvalue weighted by Gasteiger charge is -2.23. The van der Waals surface area contributed by atoms with Gasteiger partial charge >= 0.3 is 0 Å². The fraction of sp³-hybridized carbons (Fsp3) is 0.625. The third-order valence-corrected chi connectivity index (χ3v) is 3.07. The van der Waals surface area contributed by atoms with E-state index in [-0.39, 0.29) is 10.9 Å². The van der Waals surface area contributed by atoms with Gasteiger partial charge in [0.2, 0.25) is 10.9 Å². The monoisotopic (exact) mass is 280 g/mol.